The van der Waals surface area contributed by atoms with Crippen LogP contribution in [0.15, 0.2) is 29.2 Å². The van der Waals surface area contributed by atoms with Gasteiger partial charge in [0, 0.05) is 12.1 Å². The first-order chi connectivity index (χ1) is 8.62. The smallest absolute Gasteiger partial charge is 0.295 e. The van der Waals surface area contributed by atoms with Crippen molar-refractivity contribution in [3.63, 3.8) is 0 Å². The zero-order valence-corrected chi connectivity index (χ0v) is 10.8. The van der Waals surface area contributed by atoms with Crippen molar-refractivity contribution in [3.05, 3.63) is 29.8 Å². The van der Waals surface area contributed by atoms with E-state index in [1.165, 1.54) is 25.1 Å². The van der Waals surface area contributed by atoms with Gasteiger partial charge in [-0.2, -0.15) is 13.2 Å². The Morgan fingerprint density at radius 1 is 1.32 bits per heavy atom. The van der Waals surface area contributed by atoms with Crippen molar-refractivity contribution < 1.29 is 26.4 Å². The highest BCUT2D eigenvalue weighted by atomic mass is 32.2. The van der Waals surface area contributed by atoms with E-state index in [1.807, 2.05) is 4.72 Å². The fourth-order valence-corrected chi connectivity index (χ4v) is 2.37. The molecule has 0 bridgehead atoms. The first kappa shape index (κ1) is 15.6. The molecule has 1 rings (SSSR count). The Kier molecular flexibility index (Phi) is 4.70. The van der Waals surface area contributed by atoms with Crippen molar-refractivity contribution in [2.75, 3.05) is 6.54 Å². The minimum atomic E-state index is -4.43. The lowest BCUT2D eigenvalue weighted by Gasteiger charge is -2.09. The van der Waals surface area contributed by atoms with Gasteiger partial charge in [0.25, 0.3) is 0 Å². The fourth-order valence-electron chi connectivity index (χ4n) is 1.29. The number of hydrogen-bond donors (Lipinski definition) is 1. The summed E-state index contributed by atoms with van der Waals surface area (Å²) in [5.41, 5.74) is 0.179. The molecule has 8 heteroatoms. The van der Waals surface area contributed by atoms with E-state index in [-0.39, 0.29) is 16.2 Å². The number of Topliss-reactive ketones (excluding diaryl/α,β-unsaturated/α-hetero) is 1. The number of carbonyl (C=O) groups excluding carboxylic acids is 1. The number of sulfonamides is 1. The Labute approximate surface area is 108 Å². The third-order valence-electron chi connectivity index (χ3n) is 2.25. The van der Waals surface area contributed by atoms with Crippen molar-refractivity contribution in [1.82, 2.24) is 4.72 Å². The summed E-state index contributed by atoms with van der Waals surface area (Å²) in [6.45, 7) is 0.527. The summed E-state index contributed by atoms with van der Waals surface area (Å²) in [6, 6.07) is 5.12. The zero-order valence-electron chi connectivity index (χ0n) is 9.99. The molecule has 0 saturated heterocycles. The largest absolute Gasteiger partial charge is 0.390 e. The molecule has 19 heavy (non-hydrogen) atoms. The van der Waals surface area contributed by atoms with Crippen molar-refractivity contribution in [3.8, 4) is 0 Å². The number of halogens is 3. The number of alkyl halides is 3. The molecule has 106 valence electrons. The van der Waals surface area contributed by atoms with Crippen LogP contribution >= 0.6 is 0 Å². The summed E-state index contributed by atoms with van der Waals surface area (Å²) >= 11 is 0. The molecule has 0 aromatic heterocycles. The second kappa shape index (κ2) is 5.70. The average Bonchev–Trinajstić information content (AvgIpc) is 2.27. The van der Waals surface area contributed by atoms with Gasteiger partial charge in [0.2, 0.25) is 10.0 Å². The third kappa shape index (κ3) is 4.99. The second-order valence-corrected chi connectivity index (χ2v) is 5.61. The maximum Gasteiger partial charge on any atom is 0.390 e. The molecule has 4 nitrogen and oxygen atoms in total. The molecule has 0 atom stereocenters. The molecule has 1 aromatic rings. The van der Waals surface area contributed by atoms with Crippen LogP contribution in [0.4, 0.5) is 13.2 Å². The number of nitrogens with one attached hydrogen (secondary N) is 1. The molecule has 0 unspecified atom stereocenters. The minimum Gasteiger partial charge on any atom is -0.295 e. The van der Waals surface area contributed by atoms with Gasteiger partial charge in [0.1, 0.15) is 0 Å². The predicted octanol–water partition coefficient (Wildman–Crippen LogP) is 2.12. The van der Waals surface area contributed by atoms with Crippen LogP contribution in [0, 0.1) is 0 Å². The van der Waals surface area contributed by atoms with Gasteiger partial charge in [-0.25, -0.2) is 13.1 Å². The Bertz CT molecular complexity index is 567. The van der Waals surface area contributed by atoms with Crippen LogP contribution in [0.3, 0.4) is 0 Å². The highest BCUT2D eigenvalue weighted by Gasteiger charge is 2.27. The minimum absolute atomic E-state index is 0.179. The van der Waals surface area contributed by atoms with Crippen molar-refractivity contribution in [1.29, 1.82) is 0 Å². The van der Waals surface area contributed by atoms with E-state index < -0.39 is 29.2 Å². The summed E-state index contributed by atoms with van der Waals surface area (Å²) < 4.78 is 61.0. The Balaban J connectivity index is 2.83. The fraction of sp³-hybridized carbons (Fsp3) is 0.364. The van der Waals surface area contributed by atoms with E-state index in [4.69, 9.17) is 0 Å². The monoisotopic (exact) mass is 295 g/mol. The molecule has 0 aliphatic rings. The van der Waals surface area contributed by atoms with E-state index in [2.05, 4.69) is 0 Å². The topological polar surface area (TPSA) is 63.2 Å². The Hall–Kier alpha value is -1.41. The first-order valence-electron chi connectivity index (χ1n) is 5.29. The Morgan fingerprint density at radius 2 is 1.95 bits per heavy atom. The van der Waals surface area contributed by atoms with Crippen LogP contribution in [0.1, 0.15) is 23.7 Å². The van der Waals surface area contributed by atoms with Crippen LogP contribution in [0.5, 0.6) is 0 Å². The highest BCUT2D eigenvalue weighted by Crippen LogP contribution is 2.19. The van der Waals surface area contributed by atoms with Crippen molar-refractivity contribution in [2.45, 2.75) is 24.4 Å². The van der Waals surface area contributed by atoms with Gasteiger partial charge >= 0.3 is 6.18 Å². The molecule has 0 heterocycles. The van der Waals surface area contributed by atoms with Gasteiger partial charge in [-0.1, -0.05) is 12.1 Å². The quantitative estimate of drug-likeness (QED) is 0.846. The molecule has 0 radical (unpaired) electrons. The van der Waals surface area contributed by atoms with Gasteiger partial charge in [-0.05, 0) is 19.1 Å². The number of benzene rings is 1. The van der Waals surface area contributed by atoms with Gasteiger partial charge in [0.05, 0.1) is 11.3 Å². The molecule has 0 saturated carbocycles. The second-order valence-electron chi connectivity index (χ2n) is 3.85. The first-order valence-corrected chi connectivity index (χ1v) is 6.77. The van der Waals surface area contributed by atoms with Gasteiger partial charge in [0.15, 0.2) is 5.78 Å². The normalized spacial score (nSPS) is 12.4. The van der Waals surface area contributed by atoms with E-state index in [9.17, 15) is 26.4 Å². The molecule has 1 aromatic carbocycles. The number of rotatable bonds is 5. The molecule has 1 N–H and O–H groups in total. The highest BCUT2D eigenvalue weighted by molar-refractivity contribution is 7.89. The number of carbonyl (C=O) groups is 1. The van der Waals surface area contributed by atoms with E-state index >= 15 is 0 Å². The summed E-state index contributed by atoms with van der Waals surface area (Å²) in [4.78, 5) is 10.9. The number of hydrogen-bond acceptors (Lipinski definition) is 3. The molecule has 0 fully saturated rings. The van der Waals surface area contributed by atoms with Crippen molar-refractivity contribution in [2.24, 2.45) is 0 Å². The van der Waals surface area contributed by atoms with E-state index in [0.717, 1.165) is 6.07 Å². The molecule has 0 amide bonds. The van der Waals surface area contributed by atoms with E-state index in [1.54, 1.807) is 0 Å². The maximum absolute atomic E-state index is 11.9. The van der Waals surface area contributed by atoms with Crippen LogP contribution in [-0.4, -0.2) is 26.9 Å². The number of ketones is 1. The SMILES string of the molecule is CC(=O)c1cccc(S(=O)(=O)NCCC(F)(F)F)c1. The lowest BCUT2D eigenvalue weighted by molar-refractivity contribution is -0.132. The van der Waals surface area contributed by atoms with Crippen molar-refractivity contribution >= 4 is 15.8 Å². The maximum atomic E-state index is 11.9. The molecule has 0 aliphatic carbocycles. The summed E-state index contributed by atoms with van der Waals surface area (Å²) in [6.07, 6.45) is -5.68. The van der Waals surface area contributed by atoms with Gasteiger partial charge < -0.3 is 0 Å². The molecule has 0 aliphatic heterocycles. The zero-order chi connectivity index (χ0) is 14.7. The summed E-state index contributed by atoms with van der Waals surface area (Å²) in [5, 5.41) is 0. The average molecular weight is 295 g/mol. The lowest BCUT2D eigenvalue weighted by atomic mass is 10.2. The summed E-state index contributed by atoms with van der Waals surface area (Å²) in [7, 11) is -4.04. The Morgan fingerprint density at radius 3 is 2.47 bits per heavy atom. The van der Waals surface area contributed by atoms with Crippen LogP contribution in [0.25, 0.3) is 0 Å². The standard InChI is InChI=1S/C11H12F3NO3S/c1-8(16)9-3-2-4-10(7-9)19(17,18)15-6-5-11(12,13)14/h2-4,7,15H,5-6H2,1H3. The van der Waals surface area contributed by atoms with Crippen LogP contribution in [0.2, 0.25) is 0 Å². The molecular formula is C11H12F3NO3S. The lowest BCUT2D eigenvalue weighted by Crippen LogP contribution is -2.28. The van der Waals surface area contributed by atoms with Crippen LogP contribution in [-0.2, 0) is 10.0 Å². The van der Waals surface area contributed by atoms with E-state index in [0.29, 0.717) is 0 Å². The van der Waals surface area contributed by atoms with Gasteiger partial charge in [-0.3, -0.25) is 4.79 Å². The molecule has 0 spiro atoms. The van der Waals surface area contributed by atoms with Gasteiger partial charge in [-0.15, -0.1) is 0 Å². The van der Waals surface area contributed by atoms with Crippen LogP contribution < -0.4 is 4.72 Å². The molecular weight excluding hydrogens is 283 g/mol. The third-order valence-corrected chi connectivity index (χ3v) is 3.71. The summed E-state index contributed by atoms with van der Waals surface area (Å²) in [5.74, 6) is -0.327. The predicted molar refractivity (Wildman–Crippen MR) is 62.3 cm³/mol.